The molecule has 0 amide bonds. The summed E-state index contributed by atoms with van der Waals surface area (Å²) in [5.41, 5.74) is 1.70. The van der Waals surface area contributed by atoms with Crippen molar-refractivity contribution in [1.29, 1.82) is 0 Å². The lowest BCUT2D eigenvalue weighted by Gasteiger charge is -2.04. The summed E-state index contributed by atoms with van der Waals surface area (Å²) in [7, 11) is 0. The van der Waals surface area contributed by atoms with Gasteiger partial charge in [-0.1, -0.05) is 16.8 Å². The highest BCUT2D eigenvalue weighted by atomic mass is 35.5. The average Bonchev–Trinajstić information content (AvgIpc) is 3.06. The van der Waals surface area contributed by atoms with Gasteiger partial charge in [-0.3, -0.25) is 0 Å². The Morgan fingerprint density at radius 3 is 2.95 bits per heavy atom. The van der Waals surface area contributed by atoms with Crippen LogP contribution in [-0.2, 0) is 4.79 Å². The highest BCUT2D eigenvalue weighted by Gasteiger charge is 2.17. The Kier molecular flexibility index (Phi) is 3.08. The largest absolute Gasteiger partial charge is 0.480 e. The van der Waals surface area contributed by atoms with Crippen molar-refractivity contribution in [2.75, 3.05) is 6.61 Å². The highest BCUT2D eigenvalue weighted by molar-refractivity contribution is 6.36. The number of halogens is 1. The fraction of sp³-hybridized carbons (Fsp3) is 0.0769. The maximum Gasteiger partial charge on any atom is 0.341 e. The number of ether oxygens (including phenoxy) is 1. The number of rotatable bonds is 4. The van der Waals surface area contributed by atoms with Crippen LogP contribution in [0.1, 0.15) is 0 Å². The Labute approximate surface area is 117 Å². The van der Waals surface area contributed by atoms with Crippen molar-refractivity contribution in [2.45, 2.75) is 0 Å². The van der Waals surface area contributed by atoms with Crippen LogP contribution in [0.25, 0.3) is 22.2 Å². The van der Waals surface area contributed by atoms with Crippen LogP contribution in [0, 0.1) is 0 Å². The molecule has 7 heteroatoms. The normalized spacial score (nSPS) is 10.8. The third-order valence-corrected chi connectivity index (χ3v) is 3.05. The zero-order valence-corrected chi connectivity index (χ0v) is 10.8. The number of hydrogen-bond donors (Lipinski definition) is 1. The molecular weight excluding hydrogens is 286 g/mol. The van der Waals surface area contributed by atoms with Crippen molar-refractivity contribution in [3.8, 4) is 17.0 Å². The molecule has 0 spiro atoms. The predicted molar refractivity (Wildman–Crippen MR) is 69.9 cm³/mol. The average molecular weight is 294 g/mol. The van der Waals surface area contributed by atoms with Gasteiger partial charge in [0.1, 0.15) is 16.5 Å². The van der Waals surface area contributed by atoms with Crippen molar-refractivity contribution in [3.63, 3.8) is 0 Å². The van der Waals surface area contributed by atoms with E-state index in [1.807, 2.05) is 0 Å². The summed E-state index contributed by atoms with van der Waals surface area (Å²) in [5, 5.41) is 13.4. The van der Waals surface area contributed by atoms with E-state index in [9.17, 15) is 4.79 Å². The molecule has 3 rings (SSSR count). The summed E-state index contributed by atoms with van der Waals surface area (Å²) in [4.78, 5) is 10.5. The third kappa shape index (κ3) is 2.10. The van der Waals surface area contributed by atoms with Gasteiger partial charge in [0.2, 0.25) is 0 Å². The summed E-state index contributed by atoms with van der Waals surface area (Å²) in [6.07, 6.45) is 3.07. The minimum atomic E-state index is -1.09. The van der Waals surface area contributed by atoms with E-state index in [-0.39, 0.29) is 10.8 Å². The molecule has 2 heterocycles. The van der Waals surface area contributed by atoms with Crippen LogP contribution in [0.15, 0.2) is 39.7 Å². The molecule has 2 aromatic heterocycles. The quantitative estimate of drug-likeness (QED) is 0.795. The number of hydrogen-bond acceptors (Lipinski definition) is 5. The Balaban J connectivity index is 2.04. The number of benzene rings is 1. The van der Waals surface area contributed by atoms with Gasteiger partial charge >= 0.3 is 5.97 Å². The maximum atomic E-state index is 10.5. The number of aliphatic carboxylic acids is 1. The molecule has 0 bridgehead atoms. The Morgan fingerprint density at radius 1 is 1.40 bits per heavy atom. The minimum Gasteiger partial charge on any atom is -0.480 e. The van der Waals surface area contributed by atoms with Crippen molar-refractivity contribution in [1.82, 2.24) is 5.16 Å². The van der Waals surface area contributed by atoms with Gasteiger partial charge in [-0.25, -0.2) is 4.79 Å². The van der Waals surface area contributed by atoms with Crippen LogP contribution in [0.5, 0.6) is 5.75 Å². The van der Waals surface area contributed by atoms with E-state index in [1.165, 1.54) is 6.26 Å². The lowest BCUT2D eigenvalue weighted by atomic mass is 10.1. The Morgan fingerprint density at radius 2 is 2.25 bits per heavy atom. The molecule has 0 radical (unpaired) electrons. The van der Waals surface area contributed by atoms with Gasteiger partial charge in [0.15, 0.2) is 12.2 Å². The second kappa shape index (κ2) is 4.90. The van der Waals surface area contributed by atoms with Crippen molar-refractivity contribution in [3.05, 3.63) is 35.7 Å². The minimum absolute atomic E-state index is 0.186. The first-order chi connectivity index (χ1) is 9.66. The van der Waals surface area contributed by atoms with Crippen LogP contribution >= 0.6 is 11.6 Å². The fourth-order valence-electron chi connectivity index (χ4n) is 1.81. The number of aromatic nitrogens is 1. The molecule has 0 saturated heterocycles. The molecule has 0 saturated carbocycles. The van der Waals surface area contributed by atoms with E-state index >= 15 is 0 Å². The molecule has 102 valence electrons. The van der Waals surface area contributed by atoms with Crippen molar-refractivity contribution >= 4 is 28.5 Å². The first-order valence-corrected chi connectivity index (χ1v) is 5.99. The Hall–Kier alpha value is -2.47. The molecule has 0 unspecified atom stereocenters. The molecule has 0 fully saturated rings. The van der Waals surface area contributed by atoms with Crippen molar-refractivity contribution < 1.29 is 23.6 Å². The smallest absolute Gasteiger partial charge is 0.341 e. The number of nitrogens with zero attached hydrogens (tertiary/aromatic N) is 1. The highest BCUT2D eigenvalue weighted by Crippen LogP contribution is 2.37. The second-order valence-electron chi connectivity index (χ2n) is 3.98. The summed E-state index contributed by atoms with van der Waals surface area (Å²) < 4.78 is 15.3. The molecule has 0 aliphatic carbocycles. The van der Waals surface area contributed by atoms with Crippen LogP contribution in [0.3, 0.4) is 0 Å². The molecule has 6 nitrogen and oxygen atoms in total. The molecule has 20 heavy (non-hydrogen) atoms. The van der Waals surface area contributed by atoms with E-state index in [4.69, 9.17) is 30.4 Å². The zero-order valence-electron chi connectivity index (χ0n) is 10.00. The van der Waals surface area contributed by atoms with Gasteiger partial charge in [-0.15, -0.1) is 0 Å². The Bertz CT molecular complexity index is 763. The summed E-state index contributed by atoms with van der Waals surface area (Å²) >= 11 is 6.12. The van der Waals surface area contributed by atoms with E-state index < -0.39 is 12.6 Å². The fourth-order valence-corrected chi connectivity index (χ4v) is 2.07. The standard InChI is InChI=1S/C13H8ClNO5/c14-11-9(19-6-10(16)17)2-1-8-12(15-20-13(8)11)7-3-4-18-5-7/h1-5H,6H2,(H,16,17). The number of furan rings is 1. The molecule has 0 aliphatic heterocycles. The summed E-state index contributed by atoms with van der Waals surface area (Å²) in [6, 6.07) is 5.03. The predicted octanol–water partition coefficient (Wildman–Crippen LogP) is 3.20. The van der Waals surface area contributed by atoms with E-state index in [2.05, 4.69) is 5.16 Å². The number of carboxylic acids is 1. The molecule has 0 atom stereocenters. The van der Waals surface area contributed by atoms with E-state index in [0.29, 0.717) is 16.7 Å². The summed E-state index contributed by atoms with van der Waals surface area (Å²) in [6.45, 7) is -0.478. The van der Waals surface area contributed by atoms with Gasteiger partial charge in [0.25, 0.3) is 0 Å². The van der Waals surface area contributed by atoms with Crippen LogP contribution in [-0.4, -0.2) is 22.8 Å². The third-order valence-electron chi connectivity index (χ3n) is 2.69. The number of carboxylic acid groups (broad SMARTS) is 1. The molecule has 3 aromatic rings. The lowest BCUT2D eigenvalue weighted by molar-refractivity contribution is -0.139. The molecule has 1 N–H and O–H groups in total. The first-order valence-electron chi connectivity index (χ1n) is 5.62. The van der Waals surface area contributed by atoms with Gasteiger partial charge in [-0.05, 0) is 18.2 Å². The maximum absolute atomic E-state index is 10.5. The van der Waals surface area contributed by atoms with Gasteiger partial charge in [0, 0.05) is 5.56 Å². The molecule has 1 aromatic carbocycles. The van der Waals surface area contributed by atoms with Crippen LogP contribution < -0.4 is 4.74 Å². The van der Waals surface area contributed by atoms with E-state index in [0.717, 1.165) is 5.56 Å². The topological polar surface area (TPSA) is 85.7 Å². The number of fused-ring (bicyclic) bond motifs is 1. The zero-order chi connectivity index (χ0) is 14.1. The van der Waals surface area contributed by atoms with Gasteiger partial charge < -0.3 is 18.8 Å². The monoisotopic (exact) mass is 293 g/mol. The summed E-state index contributed by atoms with van der Waals surface area (Å²) in [5.74, 6) is -0.853. The van der Waals surface area contributed by atoms with Crippen molar-refractivity contribution in [2.24, 2.45) is 0 Å². The molecule has 0 aliphatic rings. The molecular formula is C13H8ClNO5. The SMILES string of the molecule is O=C(O)COc1ccc2c(-c3ccoc3)noc2c1Cl. The van der Waals surface area contributed by atoms with E-state index in [1.54, 1.807) is 24.5 Å². The second-order valence-corrected chi connectivity index (χ2v) is 4.36. The lowest BCUT2D eigenvalue weighted by Crippen LogP contribution is -2.09. The first kappa shape index (κ1) is 12.6. The van der Waals surface area contributed by atoms with Crippen LogP contribution in [0.2, 0.25) is 5.02 Å². The van der Waals surface area contributed by atoms with Gasteiger partial charge in [-0.2, -0.15) is 0 Å². The number of carbonyl (C=O) groups is 1. The van der Waals surface area contributed by atoms with Gasteiger partial charge in [0.05, 0.1) is 17.9 Å². The van der Waals surface area contributed by atoms with Crippen LogP contribution in [0.4, 0.5) is 0 Å².